The Hall–Kier alpha value is -7.64. The highest BCUT2D eigenvalue weighted by molar-refractivity contribution is 6.83. The van der Waals surface area contributed by atoms with Crippen LogP contribution in [0.3, 0.4) is 0 Å². The molecule has 0 bridgehead atoms. The minimum absolute atomic E-state index is 0.101. The van der Waals surface area contributed by atoms with E-state index in [1.54, 1.807) is 54.9 Å². The summed E-state index contributed by atoms with van der Waals surface area (Å²) in [7, 11) is 0. The molecular formula is C53H37Cl3F2N4O6. The molecule has 1 amide bonds. The van der Waals surface area contributed by atoms with E-state index in [0.717, 1.165) is 27.8 Å². The predicted octanol–water partition coefficient (Wildman–Crippen LogP) is 12.3. The van der Waals surface area contributed by atoms with Gasteiger partial charge in [-0.2, -0.15) is 0 Å². The maximum absolute atomic E-state index is 13.4. The molecule has 0 saturated carbocycles. The first-order valence-electron chi connectivity index (χ1n) is 20.9. The van der Waals surface area contributed by atoms with E-state index < -0.39 is 22.7 Å². The Morgan fingerprint density at radius 3 is 1.40 bits per heavy atom. The third-order valence-electron chi connectivity index (χ3n) is 10.7. The highest BCUT2D eigenvalue weighted by atomic mass is 35.5. The van der Waals surface area contributed by atoms with E-state index in [1.165, 1.54) is 36.7 Å². The second kappa shape index (κ2) is 21.3. The molecule has 0 aliphatic rings. The van der Waals surface area contributed by atoms with Crippen molar-refractivity contribution in [3.63, 3.8) is 0 Å². The van der Waals surface area contributed by atoms with Crippen LogP contribution in [0, 0.1) is 11.6 Å². The van der Waals surface area contributed by atoms with Gasteiger partial charge < -0.3 is 23.9 Å². The number of rotatable bonds is 15. The van der Waals surface area contributed by atoms with Gasteiger partial charge in [0.1, 0.15) is 36.3 Å². The summed E-state index contributed by atoms with van der Waals surface area (Å²) in [5.74, 6) is -2.02. The molecule has 0 spiro atoms. The van der Waals surface area contributed by atoms with Crippen LogP contribution in [0.1, 0.15) is 43.0 Å². The van der Waals surface area contributed by atoms with Crippen molar-refractivity contribution in [1.29, 1.82) is 0 Å². The van der Waals surface area contributed by atoms with E-state index in [9.17, 15) is 28.0 Å². The van der Waals surface area contributed by atoms with Crippen molar-refractivity contribution in [3.05, 3.63) is 225 Å². The van der Waals surface area contributed by atoms with Crippen LogP contribution in [0.4, 0.5) is 14.5 Å². The molecule has 0 aliphatic heterocycles. The van der Waals surface area contributed by atoms with Gasteiger partial charge in [-0.05, 0) is 94.5 Å². The van der Waals surface area contributed by atoms with Crippen molar-refractivity contribution in [1.82, 2.24) is 14.1 Å². The number of ether oxygens (including phenoxy) is 2. The van der Waals surface area contributed by atoms with Gasteiger partial charge in [0, 0.05) is 59.7 Å². The molecule has 0 aliphatic carbocycles. The summed E-state index contributed by atoms with van der Waals surface area (Å²) in [4.78, 5) is 54.1. The number of nitrogens with zero attached hydrogens (tertiary/aromatic N) is 3. The van der Waals surface area contributed by atoms with Gasteiger partial charge in [-0.3, -0.25) is 24.2 Å². The van der Waals surface area contributed by atoms with Crippen LogP contribution in [-0.4, -0.2) is 36.8 Å². The van der Waals surface area contributed by atoms with Gasteiger partial charge in [0.05, 0.1) is 26.9 Å². The number of amides is 1. The Labute approximate surface area is 403 Å². The number of hydrogen-bond acceptors (Lipinski definition) is 7. The molecule has 0 saturated heterocycles. The normalized spacial score (nSPS) is 10.9. The first-order valence-corrected chi connectivity index (χ1v) is 22.0. The predicted molar refractivity (Wildman–Crippen MR) is 259 cm³/mol. The third-order valence-corrected chi connectivity index (χ3v) is 11.4. The number of pyridine rings is 1. The van der Waals surface area contributed by atoms with Gasteiger partial charge in [0.2, 0.25) is 5.78 Å². The van der Waals surface area contributed by atoms with Crippen molar-refractivity contribution < 1.29 is 37.4 Å². The fraction of sp³-hybridized carbons (Fsp3) is 0.0755. The van der Waals surface area contributed by atoms with Crippen molar-refractivity contribution >= 4 is 85.0 Å². The molecule has 0 radical (unpaired) electrons. The van der Waals surface area contributed by atoms with Gasteiger partial charge in [0.25, 0.3) is 16.9 Å². The zero-order valence-electron chi connectivity index (χ0n) is 35.7. The first-order chi connectivity index (χ1) is 32.9. The molecule has 340 valence electrons. The summed E-state index contributed by atoms with van der Waals surface area (Å²) < 4.78 is 42.1. The molecule has 10 nitrogen and oxygen atoms in total. The lowest BCUT2D eigenvalue weighted by atomic mass is 10.1. The van der Waals surface area contributed by atoms with Crippen molar-refractivity contribution in [2.45, 2.75) is 26.3 Å². The summed E-state index contributed by atoms with van der Waals surface area (Å²) in [5.41, 5.74) is 5.61. The number of halogens is 5. The largest absolute Gasteiger partial charge is 0.489 e. The Morgan fingerprint density at radius 1 is 0.544 bits per heavy atom. The number of ketones is 2. The molecule has 1 N–H and O–H groups in total. The molecule has 15 heteroatoms. The second-order valence-electron chi connectivity index (χ2n) is 15.4. The standard InChI is InChI=1S/C29H20Cl2FN3O3.C24H17ClFNO3/c30-24-13-33-14-25(31)27(24)34-29(37)28(36)23-16-35(15-18-6-8-20(32)9-7-18)26-11-10-21(12-22(23)26)38-17-19-4-2-1-3-5-19;25-24(29)23(28)21-14-27(13-16-6-8-18(26)9-7-16)22-11-10-19(12-20(21)22)30-15-17-4-2-1-3-5-17/h1-14,16H,15,17H2,(H,33,34,37);1-12,14H,13,15H2. The maximum Gasteiger partial charge on any atom is 0.296 e. The molecule has 0 fully saturated rings. The maximum atomic E-state index is 13.4. The molecule has 0 unspecified atom stereocenters. The SMILES string of the molecule is O=C(Cl)C(=O)c1cn(Cc2ccc(F)cc2)c2ccc(OCc3ccccc3)cc12.O=C(Nc1c(Cl)cncc1Cl)C(=O)c1cn(Cc2ccc(F)cc2)c2ccc(OCc3ccccc3)cc12. The highest BCUT2D eigenvalue weighted by Gasteiger charge is 2.25. The Kier molecular flexibility index (Phi) is 14.7. The number of hydrogen-bond donors (Lipinski definition) is 1. The van der Waals surface area contributed by atoms with E-state index in [2.05, 4.69) is 10.3 Å². The first kappa shape index (κ1) is 46.9. The number of nitrogens with one attached hydrogen (secondary N) is 1. The van der Waals surface area contributed by atoms with Gasteiger partial charge in [-0.25, -0.2) is 8.78 Å². The van der Waals surface area contributed by atoms with E-state index >= 15 is 0 Å². The molecule has 6 aromatic carbocycles. The van der Waals surface area contributed by atoms with Crippen LogP contribution in [0.25, 0.3) is 21.8 Å². The van der Waals surface area contributed by atoms with E-state index in [4.69, 9.17) is 44.3 Å². The molecule has 9 rings (SSSR count). The van der Waals surface area contributed by atoms with Crippen LogP contribution >= 0.6 is 34.8 Å². The van der Waals surface area contributed by atoms with Crippen LogP contribution in [0.5, 0.6) is 11.5 Å². The second-order valence-corrected chi connectivity index (χ2v) is 16.5. The summed E-state index contributed by atoms with van der Waals surface area (Å²) >= 11 is 17.7. The number of aromatic nitrogens is 3. The van der Waals surface area contributed by atoms with E-state index in [0.29, 0.717) is 54.1 Å². The lowest BCUT2D eigenvalue weighted by Crippen LogP contribution is -2.23. The van der Waals surface area contributed by atoms with E-state index in [1.807, 2.05) is 88.0 Å². The molecule has 0 atom stereocenters. The summed E-state index contributed by atoms with van der Waals surface area (Å²) in [6, 6.07) is 42.3. The van der Waals surface area contributed by atoms with Gasteiger partial charge in [0.15, 0.2) is 0 Å². The average Bonchev–Trinajstić information content (AvgIpc) is 3.90. The summed E-state index contributed by atoms with van der Waals surface area (Å²) in [5, 5.41) is 2.76. The van der Waals surface area contributed by atoms with Crippen LogP contribution < -0.4 is 14.8 Å². The third kappa shape index (κ3) is 11.3. The quantitative estimate of drug-likeness (QED) is 0.0617. The van der Waals surface area contributed by atoms with Gasteiger partial charge >= 0.3 is 0 Å². The van der Waals surface area contributed by atoms with Gasteiger partial charge in [-0.1, -0.05) is 108 Å². The minimum atomic E-state index is -1.05. The Bertz CT molecular complexity index is 3270. The minimum Gasteiger partial charge on any atom is -0.489 e. The smallest absolute Gasteiger partial charge is 0.296 e. The molecule has 3 heterocycles. The lowest BCUT2D eigenvalue weighted by Gasteiger charge is -2.09. The fourth-order valence-corrected chi connectivity index (χ4v) is 7.90. The van der Waals surface area contributed by atoms with Crippen molar-refractivity contribution in [2.75, 3.05) is 5.32 Å². The number of Topliss-reactive ketones (excluding diaryl/α,β-unsaturated/α-hetero) is 2. The number of carbonyl (C=O) groups is 4. The molecule has 68 heavy (non-hydrogen) atoms. The van der Waals surface area contributed by atoms with Crippen LogP contribution in [0.2, 0.25) is 10.0 Å². The Balaban J connectivity index is 0.000000189. The number of fused-ring (bicyclic) bond motifs is 2. The van der Waals surface area contributed by atoms with Gasteiger partial charge in [-0.15, -0.1) is 0 Å². The molecule has 3 aromatic heterocycles. The number of carbonyl (C=O) groups excluding carboxylic acids is 4. The van der Waals surface area contributed by atoms with Crippen molar-refractivity contribution in [2.24, 2.45) is 0 Å². The topological polar surface area (TPSA) is 122 Å². The van der Waals surface area contributed by atoms with E-state index in [-0.39, 0.29) is 38.5 Å². The molecule has 9 aromatic rings. The summed E-state index contributed by atoms with van der Waals surface area (Å²) in [6.45, 7) is 1.48. The average molecular weight is 970 g/mol. The van der Waals surface area contributed by atoms with Crippen LogP contribution in [0.15, 0.2) is 170 Å². The van der Waals surface area contributed by atoms with Crippen molar-refractivity contribution in [3.8, 4) is 11.5 Å². The molecular weight excluding hydrogens is 933 g/mol. The fourth-order valence-electron chi connectivity index (χ4n) is 7.34. The monoisotopic (exact) mass is 968 g/mol. The van der Waals surface area contributed by atoms with Crippen LogP contribution in [-0.2, 0) is 35.9 Å². The Morgan fingerprint density at radius 2 is 0.971 bits per heavy atom. The number of anilines is 1. The number of benzene rings is 6. The zero-order valence-corrected chi connectivity index (χ0v) is 37.9. The highest BCUT2D eigenvalue weighted by Crippen LogP contribution is 2.32. The zero-order chi connectivity index (χ0) is 47.7. The lowest BCUT2D eigenvalue weighted by molar-refractivity contribution is -0.112. The summed E-state index contributed by atoms with van der Waals surface area (Å²) in [6.07, 6.45) is 5.83.